The first-order chi connectivity index (χ1) is 13.9. The van der Waals surface area contributed by atoms with Crippen LogP contribution in [0.2, 0.25) is 0 Å². The van der Waals surface area contributed by atoms with Crippen LogP contribution in [0.4, 0.5) is 4.79 Å². The zero-order chi connectivity index (χ0) is 20.9. The van der Waals surface area contributed by atoms with Crippen molar-refractivity contribution in [3.05, 3.63) is 60.4 Å². The Morgan fingerprint density at radius 2 is 1.86 bits per heavy atom. The van der Waals surface area contributed by atoms with E-state index in [1.807, 2.05) is 30.3 Å². The Kier molecular flexibility index (Phi) is 6.43. The molecule has 3 rings (SSSR count). The number of ether oxygens (including phenoxy) is 1. The number of nitrogens with zero attached hydrogens (tertiary/aromatic N) is 1. The SMILES string of the molecule is CCCCOc1ccc(S(=O)(=O)NC(=O)N(C)Cc2cc3ccccc3o2)cc1. The van der Waals surface area contributed by atoms with E-state index in [2.05, 4.69) is 11.6 Å². The number of fused-ring (bicyclic) bond motifs is 1. The lowest BCUT2D eigenvalue weighted by Gasteiger charge is -2.16. The van der Waals surface area contributed by atoms with Crippen molar-refractivity contribution in [3.8, 4) is 5.75 Å². The number of nitrogens with one attached hydrogen (secondary N) is 1. The van der Waals surface area contributed by atoms with Gasteiger partial charge in [0, 0.05) is 12.4 Å². The fraction of sp³-hybridized carbons (Fsp3) is 0.286. The van der Waals surface area contributed by atoms with E-state index in [0.717, 1.165) is 18.2 Å². The molecule has 0 saturated heterocycles. The molecule has 0 fully saturated rings. The van der Waals surface area contributed by atoms with Gasteiger partial charge in [-0.05, 0) is 42.8 Å². The molecule has 1 aromatic heterocycles. The van der Waals surface area contributed by atoms with Gasteiger partial charge < -0.3 is 14.1 Å². The molecule has 1 N–H and O–H groups in total. The summed E-state index contributed by atoms with van der Waals surface area (Å²) in [6.07, 6.45) is 1.94. The maximum absolute atomic E-state index is 12.5. The third kappa shape index (κ3) is 5.29. The van der Waals surface area contributed by atoms with Gasteiger partial charge in [0.1, 0.15) is 17.1 Å². The number of sulfonamides is 1. The lowest BCUT2D eigenvalue weighted by atomic mass is 10.2. The first-order valence-electron chi connectivity index (χ1n) is 9.37. The van der Waals surface area contributed by atoms with Crippen LogP contribution < -0.4 is 9.46 Å². The van der Waals surface area contributed by atoms with Gasteiger partial charge in [0.05, 0.1) is 18.0 Å². The summed E-state index contributed by atoms with van der Waals surface area (Å²) >= 11 is 0. The van der Waals surface area contributed by atoms with E-state index in [1.165, 1.54) is 24.1 Å². The van der Waals surface area contributed by atoms with Gasteiger partial charge in [-0.1, -0.05) is 31.5 Å². The van der Waals surface area contributed by atoms with Crippen LogP contribution in [0, 0.1) is 0 Å². The summed E-state index contributed by atoms with van der Waals surface area (Å²) in [5.41, 5.74) is 0.713. The van der Waals surface area contributed by atoms with E-state index in [4.69, 9.17) is 9.15 Å². The van der Waals surface area contributed by atoms with Crippen molar-refractivity contribution < 1.29 is 22.4 Å². The third-order valence-corrected chi connectivity index (χ3v) is 5.67. The van der Waals surface area contributed by atoms with Crippen molar-refractivity contribution in [2.45, 2.75) is 31.2 Å². The number of carbonyl (C=O) groups excluding carboxylic acids is 1. The molecule has 0 aliphatic rings. The van der Waals surface area contributed by atoms with Gasteiger partial charge in [0.2, 0.25) is 0 Å². The number of urea groups is 1. The molecule has 0 saturated carbocycles. The number of benzene rings is 2. The maximum Gasteiger partial charge on any atom is 0.331 e. The minimum Gasteiger partial charge on any atom is -0.494 e. The molecule has 1 heterocycles. The monoisotopic (exact) mass is 416 g/mol. The van der Waals surface area contributed by atoms with Gasteiger partial charge in [0.25, 0.3) is 10.0 Å². The van der Waals surface area contributed by atoms with Crippen LogP contribution in [0.5, 0.6) is 5.75 Å². The van der Waals surface area contributed by atoms with E-state index in [0.29, 0.717) is 23.7 Å². The van der Waals surface area contributed by atoms with Gasteiger partial charge >= 0.3 is 6.03 Å². The van der Waals surface area contributed by atoms with E-state index in [9.17, 15) is 13.2 Å². The topological polar surface area (TPSA) is 88.8 Å². The summed E-state index contributed by atoms with van der Waals surface area (Å²) < 4.78 is 38.2. The molecule has 29 heavy (non-hydrogen) atoms. The smallest absolute Gasteiger partial charge is 0.331 e. The predicted octanol–water partition coefficient (Wildman–Crippen LogP) is 4.14. The Morgan fingerprint density at radius 3 is 2.55 bits per heavy atom. The molecule has 0 bridgehead atoms. The van der Waals surface area contributed by atoms with Gasteiger partial charge in [0.15, 0.2) is 0 Å². The molecule has 154 valence electrons. The zero-order valence-corrected chi connectivity index (χ0v) is 17.2. The summed E-state index contributed by atoms with van der Waals surface area (Å²) in [5.74, 6) is 1.15. The highest BCUT2D eigenvalue weighted by Crippen LogP contribution is 2.20. The minimum atomic E-state index is -3.99. The van der Waals surface area contributed by atoms with Crippen LogP contribution in [0.25, 0.3) is 11.0 Å². The molecule has 0 atom stereocenters. The number of amides is 2. The summed E-state index contributed by atoms with van der Waals surface area (Å²) in [4.78, 5) is 13.6. The van der Waals surface area contributed by atoms with Gasteiger partial charge in [-0.2, -0.15) is 0 Å². The second kappa shape index (κ2) is 9.00. The molecule has 0 spiro atoms. The average molecular weight is 416 g/mol. The van der Waals surface area contributed by atoms with Crippen molar-refractivity contribution in [1.29, 1.82) is 0 Å². The van der Waals surface area contributed by atoms with Crippen LogP contribution in [0.15, 0.2) is 63.9 Å². The van der Waals surface area contributed by atoms with Gasteiger partial charge in [-0.15, -0.1) is 0 Å². The maximum atomic E-state index is 12.5. The molecule has 7 nitrogen and oxygen atoms in total. The zero-order valence-electron chi connectivity index (χ0n) is 16.4. The van der Waals surface area contributed by atoms with Crippen LogP contribution in [-0.4, -0.2) is 33.0 Å². The Morgan fingerprint density at radius 1 is 1.14 bits per heavy atom. The molecule has 8 heteroatoms. The number of carbonyl (C=O) groups is 1. The minimum absolute atomic E-state index is 0.00849. The van der Waals surface area contributed by atoms with Crippen LogP contribution in [0.3, 0.4) is 0 Å². The fourth-order valence-corrected chi connectivity index (χ4v) is 3.72. The molecule has 0 radical (unpaired) electrons. The number of hydrogen-bond donors (Lipinski definition) is 1. The number of rotatable bonds is 8. The molecular weight excluding hydrogens is 392 g/mol. The second-order valence-corrected chi connectivity index (χ2v) is 8.37. The Balaban J connectivity index is 1.61. The number of furan rings is 1. The van der Waals surface area contributed by atoms with Gasteiger partial charge in [-0.25, -0.2) is 17.9 Å². The molecule has 2 aromatic carbocycles. The van der Waals surface area contributed by atoms with Crippen LogP contribution in [-0.2, 0) is 16.6 Å². The first-order valence-corrected chi connectivity index (χ1v) is 10.9. The highest BCUT2D eigenvalue weighted by atomic mass is 32.2. The number of unbranched alkanes of at least 4 members (excludes halogenated alkanes) is 1. The molecule has 3 aromatic rings. The summed E-state index contributed by atoms with van der Waals surface area (Å²) in [6, 6.07) is 14.6. The molecular formula is C21H24N2O5S. The van der Waals surface area contributed by atoms with Crippen LogP contribution in [0.1, 0.15) is 25.5 Å². The predicted molar refractivity (Wildman–Crippen MR) is 110 cm³/mol. The average Bonchev–Trinajstić information content (AvgIpc) is 3.10. The molecule has 0 unspecified atom stereocenters. The van der Waals surface area contributed by atoms with Crippen molar-refractivity contribution in [1.82, 2.24) is 9.62 Å². The number of hydrogen-bond acceptors (Lipinski definition) is 5. The van der Waals surface area contributed by atoms with Crippen molar-refractivity contribution in [2.75, 3.05) is 13.7 Å². The van der Waals surface area contributed by atoms with Crippen LogP contribution >= 0.6 is 0 Å². The van der Waals surface area contributed by atoms with E-state index >= 15 is 0 Å². The first kappa shape index (κ1) is 20.7. The number of para-hydroxylation sites is 1. The lowest BCUT2D eigenvalue weighted by Crippen LogP contribution is -2.40. The van der Waals surface area contributed by atoms with Crippen molar-refractivity contribution >= 4 is 27.0 Å². The third-order valence-electron chi connectivity index (χ3n) is 4.34. The van der Waals surface area contributed by atoms with E-state index in [1.54, 1.807) is 12.1 Å². The summed E-state index contributed by atoms with van der Waals surface area (Å²) in [7, 11) is -2.49. The quantitative estimate of drug-likeness (QED) is 0.558. The Bertz CT molecular complexity index is 1040. The fourth-order valence-electron chi connectivity index (χ4n) is 2.72. The van der Waals surface area contributed by atoms with Crippen molar-refractivity contribution in [3.63, 3.8) is 0 Å². The molecule has 0 aliphatic heterocycles. The summed E-state index contributed by atoms with van der Waals surface area (Å²) in [5, 5.41) is 0.921. The van der Waals surface area contributed by atoms with E-state index in [-0.39, 0.29) is 11.4 Å². The van der Waals surface area contributed by atoms with E-state index < -0.39 is 16.1 Å². The normalized spacial score (nSPS) is 11.4. The Hall–Kier alpha value is -3.00. The highest BCUT2D eigenvalue weighted by molar-refractivity contribution is 7.90. The second-order valence-electron chi connectivity index (χ2n) is 6.69. The lowest BCUT2D eigenvalue weighted by molar-refractivity contribution is 0.209. The standard InChI is InChI=1S/C21H24N2O5S/c1-3-4-13-27-17-9-11-19(12-10-17)29(25,26)22-21(24)23(2)15-18-14-16-7-5-6-8-20(16)28-18/h5-12,14H,3-4,13,15H2,1-2H3,(H,22,24). The summed E-state index contributed by atoms with van der Waals surface area (Å²) in [6.45, 7) is 2.78. The molecule has 0 aliphatic carbocycles. The largest absolute Gasteiger partial charge is 0.494 e. The van der Waals surface area contributed by atoms with Gasteiger partial charge in [-0.3, -0.25) is 0 Å². The molecule has 2 amide bonds. The highest BCUT2D eigenvalue weighted by Gasteiger charge is 2.21. The van der Waals surface area contributed by atoms with Crippen molar-refractivity contribution in [2.24, 2.45) is 0 Å². The Labute approximate surface area is 170 Å².